The summed E-state index contributed by atoms with van der Waals surface area (Å²) in [5, 5.41) is 1.14. The summed E-state index contributed by atoms with van der Waals surface area (Å²) in [7, 11) is 0. The highest BCUT2D eigenvalue weighted by molar-refractivity contribution is 9.09. The van der Waals surface area contributed by atoms with Crippen LogP contribution in [0.15, 0.2) is 29.8 Å². The van der Waals surface area contributed by atoms with Crippen molar-refractivity contribution in [1.29, 1.82) is 0 Å². The normalized spacial score (nSPS) is 10.4. The molecule has 1 aromatic carbocycles. The summed E-state index contributed by atoms with van der Waals surface area (Å²) in [6.07, 6.45) is 5.27. The number of rotatable bonds is 6. The Morgan fingerprint density at radius 3 is 2.65 bits per heavy atom. The average Bonchev–Trinajstić information content (AvgIpc) is 2.73. The van der Waals surface area contributed by atoms with Crippen LogP contribution >= 0.6 is 27.3 Å². The molecule has 0 saturated carbocycles. The molecule has 0 bridgehead atoms. The van der Waals surface area contributed by atoms with Gasteiger partial charge < -0.3 is 24.0 Å². The predicted molar refractivity (Wildman–Crippen MR) is 74.3 cm³/mol. The van der Waals surface area contributed by atoms with Crippen molar-refractivity contribution in [1.82, 2.24) is 0 Å². The van der Waals surface area contributed by atoms with Gasteiger partial charge in [-0.25, -0.2) is 0 Å². The molecule has 0 radical (unpaired) electrons. The van der Waals surface area contributed by atoms with E-state index in [9.17, 15) is 0 Å². The maximum Gasteiger partial charge on any atom is 0.225 e. The van der Waals surface area contributed by atoms with Crippen molar-refractivity contribution < 1.29 is 28.5 Å². The number of hydrogen-bond acceptors (Lipinski definition) is 1. The molecule has 0 fully saturated rings. The van der Waals surface area contributed by atoms with Crippen molar-refractivity contribution in [2.75, 3.05) is 5.33 Å². The second-order valence-corrected chi connectivity index (χ2v) is 5.67. The van der Waals surface area contributed by atoms with Gasteiger partial charge in [0.25, 0.3) is 0 Å². The van der Waals surface area contributed by atoms with Gasteiger partial charge in [-0.05, 0) is 18.9 Å². The van der Waals surface area contributed by atoms with Gasteiger partial charge in [0.05, 0.1) is 0 Å². The first-order chi connectivity index (χ1) is 7.92. The topological polar surface area (TPSA) is 3.88 Å². The molecule has 0 aliphatic rings. The minimum Gasteiger partial charge on any atom is -1.00 e. The zero-order valence-electron chi connectivity index (χ0n) is 9.74. The van der Waals surface area contributed by atoms with Gasteiger partial charge >= 0.3 is 0 Å². The van der Waals surface area contributed by atoms with Crippen LogP contribution in [-0.4, -0.2) is 5.33 Å². The highest BCUT2D eigenvalue weighted by Gasteiger charge is 2.09. The van der Waals surface area contributed by atoms with Crippen LogP contribution in [0.4, 0.5) is 0 Å². The van der Waals surface area contributed by atoms with E-state index in [-0.39, 0.29) is 24.0 Å². The second kappa shape index (κ2) is 8.43. The Labute approximate surface area is 132 Å². The Kier molecular flexibility index (Phi) is 7.62. The van der Waals surface area contributed by atoms with Gasteiger partial charge in [-0.3, -0.25) is 0 Å². The van der Waals surface area contributed by atoms with E-state index < -0.39 is 0 Å². The van der Waals surface area contributed by atoms with Gasteiger partial charge in [-0.1, -0.05) is 45.8 Å². The van der Waals surface area contributed by atoms with Gasteiger partial charge in [-0.15, -0.1) is 0 Å². The molecule has 2 aromatic rings. The predicted octanol–water partition coefficient (Wildman–Crippen LogP) is 1.15. The number of para-hydroxylation sites is 1. The number of aryl methyl sites for hydroxylation is 1. The van der Waals surface area contributed by atoms with Crippen LogP contribution in [0.3, 0.4) is 0 Å². The van der Waals surface area contributed by atoms with Crippen molar-refractivity contribution in [3.05, 3.63) is 29.8 Å². The Hall–Kier alpha value is 0.320. The lowest BCUT2D eigenvalue weighted by Crippen LogP contribution is -3.00. The number of nitrogens with zero attached hydrogens (tertiary/aromatic N) is 1. The molecule has 94 valence electrons. The first kappa shape index (κ1) is 15.4. The van der Waals surface area contributed by atoms with Crippen molar-refractivity contribution in [2.24, 2.45) is 0 Å². The summed E-state index contributed by atoms with van der Waals surface area (Å²) < 4.78 is 3.77. The number of benzene rings is 1. The van der Waals surface area contributed by atoms with E-state index >= 15 is 0 Å². The number of unbranched alkanes of at least 4 members (excludes halogenated alkanes) is 3. The molecule has 0 unspecified atom stereocenters. The molecule has 0 N–H and O–H groups in total. The molecule has 0 amide bonds. The average molecular weight is 426 g/mol. The maximum absolute atomic E-state index is 3.47. The van der Waals surface area contributed by atoms with E-state index in [1.54, 1.807) is 0 Å². The molecule has 2 rings (SSSR count). The largest absolute Gasteiger partial charge is 1.00 e. The van der Waals surface area contributed by atoms with Crippen molar-refractivity contribution >= 4 is 37.5 Å². The fraction of sp³-hybridized carbons (Fsp3) is 0.462. The van der Waals surface area contributed by atoms with Crippen LogP contribution in [0.25, 0.3) is 10.2 Å². The first-order valence-electron chi connectivity index (χ1n) is 5.83. The highest BCUT2D eigenvalue weighted by atomic mass is 127. The monoisotopic (exact) mass is 425 g/mol. The van der Waals surface area contributed by atoms with Crippen LogP contribution in [0, 0.1) is 0 Å². The summed E-state index contributed by atoms with van der Waals surface area (Å²) in [5.41, 5.74) is 3.63. The van der Waals surface area contributed by atoms with Crippen molar-refractivity contribution in [3.63, 3.8) is 0 Å². The lowest BCUT2D eigenvalue weighted by molar-refractivity contribution is -0.667. The van der Waals surface area contributed by atoms with Crippen LogP contribution in [0.2, 0.25) is 0 Å². The van der Waals surface area contributed by atoms with E-state index in [1.807, 2.05) is 11.3 Å². The lowest BCUT2D eigenvalue weighted by atomic mass is 10.2. The number of fused-ring (bicyclic) bond motifs is 1. The molecule has 0 aliphatic carbocycles. The van der Waals surface area contributed by atoms with Crippen LogP contribution in [-0.2, 0) is 6.54 Å². The third-order valence-corrected chi connectivity index (χ3v) is 4.28. The van der Waals surface area contributed by atoms with Crippen LogP contribution < -0.4 is 28.5 Å². The third-order valence-electron chi connectivity index (χ3n) is 2.76. The zero-order chi connectivity index (χ0) is 11.2. The van der Waals surface area contributed by atoms with Gasteiger partial charge in [0, 0.05) is 17.8 Å². The number of thiazole rings is 1. The fourth-order valence-electron chi connectivity index (χ4n) is 1.87. The van der Waals surface area contributed by atoms with Gasteiger partial charge in [-0.2, -0.15) is 4.57 Å². The van der Waals surface area contributed by atoms with E-state index in [0.717, 1.165) is 11.9 Å². The molecule has 0 aliphatic heterocycles. The number of aromatic nitrogens is 1. The SMILES string of the molecule is BrCCCCCC[n+]1csc2ccccc21.[I-]. The highest BCUT2D eigenvalue weighted by Crippen LogP contribution is 2.15. The summed E-state index contributed by atoms with van der Waals surface area (Å²) in [4.78, 5) is 0. The molecule has 17 heavy (non-hydrogen) atoms. The molecular formula is C13H17BrINS. The summed E-state index contributed by atoms with van der Waals surface area (Å²) >= 11 is 5.31. The van der Waals surface area contributed by atoms with Gasteiger partial charge in [0.1, 0.15) is 11.2 Å². The summed E-state index contributed by atoms with van der Waals surface area (Å²) in [5.74, 6) is 0. The first-order valence-corrected chi connectivity index (χ1v) is 7.83. The minimum atomic E-state index is 0. The quantitative estimate of drug-likeness (QED) is 0.283. The summed E-state index contributed by atoms with van der Waals surface area (Å²) in [6.45, 7) is 1.16. The molecule has 0 atom stereocenters. The number of halogens is 2. The van der Waals surface area contributed by atoms with E-state index in [0.29, 0.717) is 0 Å². The van der Waals surface area contributed by atoms with Crippen molar-refractivity contribution in [2.45, 2.75) is 32.2 Å². The minimum absolute atomic E-state index is 0. The number of alkyl halides is 1. The second-order valence-electron chi connectivity index (χ2n) is 3.99. The van der Waals surface area contributed by atoms with E-state index in [2.05, 4.69) is 50.3 Å². The summed E-state index contributed by atoms with van der Waals surface area (Å²) in [6, 6.07) is 8.64. The molecular weight excluding hydrogens is 409 g/mol. The zero-order valence-corrected chi connectivity index (χ0v) is 14.3. The van der Waals surface area contributed by atoms with Gasteiger partial charge in [0.2, 0.25) is 11.0 Å². The molecule has 1 nitrogen and oxygen atoms in total. The van der Waals surface area contributed by atoms with E-state index in [4.69, 9.17) is 0 Å². The van der Waals surface area contributed by atoms with Crippen molar-refractivity contribution in [3.8, 4) is 0 Å². The molecule has 0 saturated heterocycles. The van der Waals surface area contributed by atoms with E-state index in [1.165, 1.54) is 35.9 Å². The number of hydrogen-bond donors (Lipinski definition) is 0. The third kappa shape index (κ3) is 4.48. The molecule has 0 spiro atoms. The Balaban J connectivity index is 0.00000144. The Morgan fingerprint density at radius 1 is 1.06 bits per heavy atom. The lowest BCUT2D eigenvalue weighted by Gasteiger charge is -1.96. The van der Waals surface area contributed by atoms with Crippen LogP contribution in [0.5, 0.6) is 0 Å². The van der Waals surface area contributed by atoms with Crippen LogP contribution in [0.1, 0.15) is 25.7 Å². The smallest absolute Gasteiger partial charge is 0.225 e. The molecule has 4 heteroatoms. The van der Waals surface area contributed by atoms with Gasteiger partial charge in [0.15, 0.2) is 0 Å². The Morgan fingerprint density at radius 2 is 1.82 bits per heavy atom. The maximum atomic E-state index is 3.47. The Bertz CT molecular complexity index is 444. The molecule has 1 aromatic heterocycles. The standard InChI is InChI=1S/C13H17BrNS.HI/c14-9-5-1-2-6-10-15-11-16-13-8-4-3-7-12(13)15;/h3-4,7-8,11H,1-2,5-6,9-10H2;1H/q+1;/p-1. The molecule has 1 heterocycles. The fourth-order valence-corrected chi connectivity index (χ4v) is 3.19.